The van der Waals surface area contributed by atoms with Crippen LogP contribution in [0.3, 0.4) is 0 Å². The fraction of sp³-hybridized carbons (Fsp3) is 0.500. The number of hydrogen-bond acceptors (Lipinski definition) is 4. The van der Waals surface area contributed by atoms with Gasteiger partial charge in [0.1, 0.15) is 18.5 Å². The molecule has 1 unspecified atom stereocenters. The summed E-state index contributed by atoms with van der Waals surface area (Å²) >= 11 is 5.96. The minimum Gasteiger partial charge on any atom is -0.491 e. The second kappa shape index (κ2) is 10.4. The Morgan fingerprint density at radius 2 is 1.66 bits per heavy atom. The fourth-order valence-corrected chi connectivity index (χ4v) is 3.88. The van der Waals surface area contributed by atoms with Crippen molar-refractivity contribution in [3.63, 3.8) is 0 Å². The van der Waals surface area contributed by atoms with Gasteiger partial charge in [-0.1, -0.05) is 49.7 Å². The highest BCUT2D eigenvalue weighted by atomic mass is 35.5. The number of ether oxygens (including phenoxy) is 1. The van der Waals surface area contributed by atoms with Crippen molar-refractivity contribution in [2.45, 2.75) is 39.3 Å². The van der Waals surface area contributed by atoms with Crippen molar-refractivity contribution in [3.05, 3.63) is 64.2 Å². The maximum Gasteiger partial charge on any atom is 0.123 e. The van der Waals surface area contributed by atoms with E-state index in [1.54, 1.807) is 0 Å². The summed E-state index contributed by atoms with van der Waals surface area (Å²) < 4.78 is 5.99. The van der Waals surface area contributed by atoms with Gasteiger partial charge in [0.05, 0.1) is 0 Å². The lowest BCUT2D eigenvalue weighted by Crippen LogP contribution is -2.48. The number of piperazine rings is 1. The Labute approximate surface area is 180 Å². The van der Waals surface area contributed by atoms with Crippen molar-refractivity contribution < 1.29 is 9.84 Å². The summed E-state index contributed by atoms with van der Waals surface area (Å²) in [6, 6.07) is 14.4. The highest BCUT2D eigenvalue weighted by Crippen LogP contribution is 2.27. The summed E-state index contributed by atoms with van der Waals surface area (Å²) in [6.45, 7) is 12.3. The van der Waals surface area contributed by atoms with Crippen LogP contribution in [0.2, 0.25) is 5.02 Å². The summed E-state index contributed by atoms with van der Waals surface area (Å²) in [4.78, 5) is 4.77. The van der Waals surface area contributed by atoms with Crippen molar-refractivity contribution >= 4 is 11.6 Å². The first-order valence-electron chi connectivity index (χ1n) is 10.5. The maximum absolute atomic E-state index is 10.5. The Balaban J connectivity index is 1.42. The molecular formula is C24H33ClN2O2. The summed E-state index contributed by atoms with van der Waals surface area (Å²) in [5, 5.41) is 11.3. The molecule has 29 heavy (non-hydrogen) atoms. The van der Waals surface area contributed by atoms with Crippen LogP contribution in [0.25, 0.3) is 0 Å². The Bertz CT molecular complexity index is 771. The van der Waals surface area contributed by atoms with Gasteiger partial charge in [-0.15, -0.1) is 0 Å². The first kappa shape index (κ1) is 22.1. The molecule has 0 bridgehead atoms. The number of hydrogen-bond donors (Lipinski definition) is 1. The number of aliphatic hydroxyl groups is 1. The highest BCUT2D eigenvalue weighted by Gasteiger charge is 2.20. The number of halogens is 1. The van der Waals surface area contributed by atoms with Gasteiger partial charge >= 0.3 is 0 Å². The van der Waals surface area contributed by atoms with Crippen molar-refractivity contribution in [1.82, 2.24) is 9.80 Å². The van der Waals surface area contributed by atoms with Crippen molar-refractivity contribution in [2.24, 2.45) is 0 Å². The molecule has 1 atom stereocenters. The van der Waals surface area contributed by atoms with Crippen LogP contribution in [-0.4, -0.2) is 60.3 Å². The molecule has 158 valence electrons. The van der Waals surface area contributed by atoms with Gasteiger partial charge in [0, 0.05) is 44.3 Å². The van der Waals surface area contributed by atoms with E-state index in [2.05, 4.69) is 60.9 Å². The summed E-state index contributed by atoms with van der Waals surface area (Å²) in [6.07, 6.45) is -0.488. The smallest absolute Gasteiger partial charge is 0.123 e. The molecule has 1 aliphatic heterocycles. The van der Waals surface area contributed by atoms with Crippen molar-refractivity contribution in [3.8, 4) is 5.75 Å². The van der Waals surface area contributed by atoms with Gasteiger partial charge in [-0.3, -0.25) is 9.80 Å². The van der Waals surface area contributed by atoms with Gasteiger partial charge in [-0.2, -0.15) is 0 Å². The standard InChI is InChI=1S/C24H33ClN2O2/c1-18(2)23-9-4-19(3)14-24(23)29-17-22(28)16-27-12-10-26(11-13-27)15-20-5-7-21(25)8-6-20/h4-9,14,18,22,28H,10-13,15-17H2,1-3H3. The fourth-order valence-electron chi connectivity index (χ4n) is 3.76. The molecular weight excluding hydrogens is 384 g/mol. The molecule has 3 rings (SSSR count). The predicted octanol–water partition coefficient (Wildman–Crippen LogP) is 4.33. The maximum atomic E-state index is 10.5. The molecule has 0 amide bonds. The number of aliphatic hydroxyl groups excluding tert-OH is 1. The van der Waals surface area contributed by atoms with Gasteiger partial charge in [0.15, 0.2) is 0 Å². The van der Waals surface area contributed by atoms with Crippen molar-refractivity contribution in [2.75, 3.05) is 39.3 Å². The van der Waals surface area contributed by atoms with Crippen LogP contribution < -0.4 is 4.74 Å². The molecule has 1 aliphatic rings. The lowest BCUT2D eigenvalue weighted by atomic mass is 10.0. The molecule has 4 nitrogen and oxygen atoms in total. The number of β-amino-alcohol motifs (C(OH)–C–C–N with tert-alkyl or cyclic N) is 1. The molecule has 1 saturated heterocycles. The van der Waals surface area contributed by atoms with E-state index in [0.29, 0.717) is 19.1 Å². The number of aryl methyl sites for hydroxylation is 1. The van der Waals surface area contributed by atoms with E-state index in [0.717, 1.165) is 43.5 Å². The zero-order chi connectivity index (χ0) is 20.8. The van der Waals surface area contributed by atoms with E-state index < -0.39 is 6.10 Å². The number of rotatable bonds is 8. The molecule has 1 fully saturated rings. The second-order valence-corrected chi connectivity index (χ2v) is 8.80. The summed E-state index contributed by atoms with van der Waals surface area (Å²) in [5.74, 6) is 1.29. The Morgan fingerprint density at radius 1 is 1.00 bits per heavy atom. The van der Waals surface area contributed by atoms with E-state index in [9.17, 15) is 5.11 Å². The normalized spacial score (nSPS) is 16.9. The summed E-state index contributed by atoms with van der Waals surface area (Å²) in [5.41, 5.74) is 3.66. The van der Waals surface area contributed by atoms with Gasteiger partial charge in [-0.25, -0.2) is 0 Å². The molecule has 0 spiro atoms. The quantitative estimate of drug-likeness (QED) is 0.694. The van der Waals surface area contributed by atoms with Crippen LogP contribution in [0.5, 0.6) is 5.75 Å². The minimum atomic E-state index is -0.488. The summed E-state index contributed by atoms with van der Waals surface area (Å²) in [7, 11) is 0. The third kappa shape index (κ3) is 6.71. The van der Waals surface area contributed by atoms with Crippen LogP contribution in [0.15, 0.2) is 42.5 Å². The lowest BCUT2D eigenvalue weighted by molar-refractivity contribution is 0.0443. The third-order valence-corrected chi connectivity index (χ3v) is 5.73. The molecule has 0 radical (unpaired) electrons. The molecule has 0 aromatic heterocycles. The average molecular weight is 417 g/mol. The zero-order valence-corrected chi connectivity index (χ0v) is 18.5. The average Bonchev–Trinajstić information content (AvgIpc) is 2.69. The Hall–Kier alpha value is -1.59. The zero-order valence-electron chi connectivity index (χ0n) is 17.8. The molecule has 0 saturated carbocycles. The molecule has 1 heterocycles. The Kier molecular flexibility index (Phi) is 7.96. The van der Waals surface area contributed by atoms with E-state index in [-0.39, 0.29) is 0 Å². The molecule has 2 aromatic carbocycles. The van der Waals surface area contributed by atoms with Crippen LogP contribution in [0.1, 0.15) is 36.5 Å². The van der Waals surface area contributed by atoms with Gasteiger partial charge < -0.3 is 9.84 Å². The van der Waals surface area contributed by atoms with E-state index in [4.69, 9.17) is 16.3 Å². The Morgan fingerprint density at radius 3 is 2.31 bits per heavy atom. The largest absolute Gasteiger partial charge is 0.491 e. The molecule has 2 aromatic rings. The van der Waals surface area contributed by atoms with Gasteiger partial charge in [-0.05, 0) is 47.7 Å². The minimum absolute atomic E-state index is 0.328. The SMILES string of the molecule is Cc1ccc(C(C)C)c(OCC(O)CN2CCN(Cc3ccc(Cl)cc3)CC2)c1. The van der Waals surface area contributed by atoms with Crippen LogP contribution in [0.4, 0.5) is 0 Å². The van der Waals surface area contributed by atoms with Crippen LogP contribution in [0, 0.1) is 6.92 Å². The first-order valence-corrected chi connectivity index (χ1v) is 10.9. The van der Waals surface area contributed by atoms with Crippen LogP contribution in [-0.2, 0) is 6.54 Å². The third-order valence-electron chi connectivity index (χ3n) is 5.48. The van der Waals surface area contributed by atoms with Crippen LogP contribution >= 0.6 is 11.6 Å². The first-order chi connectivity index (χ1) is 13.9. The highest BCUT2D eigenvalue weighted by molar-refractivity contribution is 6.30. The monoisotopic (exact) mass is 416 g/mol. The number of benzene rings is 2. The number of nitrogens with zero attached hydrogens (tertiary/aromatic N) is 2. The van der Waals surface area contributed by atoms with E-state index >= 15 is 0 Å². The van der Waals surface area contributed by atoms with E-state index in [1.165, 1.54) is 16.7 Å². The predicted molar refractivity (Wildman–Crippen MR) is 120 cm³/mol. The van der Waals surface area contributed by atoms with Gasteiger partial charge in [0.25, 0.3) is 0 Å². The van der Waals surface area contributed by atoms with Crippen molar-refractivity contribution in [1.29, 1.82) is 0 Å². The molecule has 1 N–H and O–H groups in total. The molecule has 0 aliphatic carbocycles. The topological polar surface area (TPSA) is 35.9 Å². The second-order valence-electron chi connectivity index (χ2n) is 8.36. The molecule has 5 heteroatoms. The van der Waals surface area contributed by atoms with E-state index in [1.807, 2.05) is 12.1 Å². The lowest BCUT2D eigenvalue weighted by Gasteiger charge is -2.35. The van der Waals surface area contributed by atoms with Gasteiger partial charge in [0.2, 0.25) is 0 Å².